The molecule has 0 aromatic heterocycles. The van der Waals surface area contributed by atoms with E-state index in [-0.39, 0.29) is 17.0 Å². The summed E-state index contributed by atoms with van der Waals surface area (Å²) in [5.74, 6) is 0.0190. The van der Waals surface area contributed by atoms with Crippen molar-refractivity contribution in [2.24, 2.45) is 5.41 Å². The Balaban J connectivity index is 1.96. The average Bonchev–Trinajstić information content (AvgIpc) is 2.45. The number of nitro benzene ring substituents is 1. The number of rotatable bonds is 4. The van der Waals surface area contributed by atoms with Gasteiger partial charge in [0.05, 0.1) is 4.92 Å². The van der Waals surface area contributed by atoms with E-state index in [4.69, 9.17) is 0 Å². The first kappa shape index (κ1) is 14.5. The fraction of sp³-hybridized carbons (Fsp3) is 0.500. The third kappa shape index (κ3) is 3.33. The maximum Gasteiger partial charge on any atom is 0.269 e. The van der Waals surface area contributed by atoms with Crippen LogP contribution in [0.3, 0.4) is 0 Å². The molecule has 1 aromatic carbocycles. The maximum absolute atomic E-state index is 12.2. The zero-order chi connectivity index (χ0) is 14.6. The molecule has 1 aliphatic heterocycles. The Morgan fingerprint density at radius 2 is 2.15 bits per heavy atom. The molecule has 2 rings (SSSR count). The molecule has 0 bridgehead atoms. The van der Waals surface area contributed by atoms with Gasteiger partial charge in [-0.3, -0.25) is 14.9 Å². The lowest BCUT2D eigenvalue weighted by Gasteiger charge is -2.32. The van der Waals surface area contributed by atoms with E-state index in [1.807, 2.05) is 6.92 Å². The molecule has 1 amide bonds. The number of hydrogen-bond donors (Lipinski definition) is 2. The van der Waals surface area contributed by atoms with Crippen molar-refractivity contribution in [1.29, 1.82) is 0 Å². The van der Waals surface area contributed by atoms with Gasteiger partial charge in [-0.1, -0.05) is 19.1 Å². The van der Waals surface area contributed by atoms with Gasteiger partial charge in [-0.15, -0.1) is 0 Å². The van der Waals surface area contributed by atoms with Gasteiger partial charge in [0.1, 0.15) is 0 Å². The highest BCUT2D eigenvalue weighted by Crippen LogP contribution is 2.28. The monoisotopic (exact) mass is 277 g/mol. The lowest BCUT2D eigenvalue weighted by atomic mass is 9.80. The van der Waals surface area contributed by atoms with Crippen molar-refractivity contribution in [2.75, 3.05) is 13.1 Å². The van der Waals surface area contributed by atoms with Crippen LogP contribution in [0.4, 0.5) is 5.69 Å². The van der Waals surface area contributed by atoms with Crippen LogP contribution in [0, 0.1) is 15.5 Å². The average molecular weight is 277 g/mol. The Kier molecular flexibility index (Phi) is 4.34. The molecule has 1 fully saturated rings. The van der Waals surface area contributed by atoms with Crippen molar-refractivity contribution in [3.8, 4) is 0 Å². The number of benzene rings is 1. The molecule has 0 atom stereocenters. The minimum Gasteiger partial charge on any atom is -0.352 e. The summed E-state index contributed by atoms with van der Waals surface area (Å²) in [5, 5.41) is 16.8. The number of carbonyl (C=O) groups is 1. The molecule has 108 valence electrons. The first-order valence-electron chi connectivity index (χ1n) is 6.74. The lowest BCUT2D eigenvalue weighted by molar-refractivity contribution is -0.384. The SMILES string of the molecule is CC1(C(=O)NCc2cccc([N+](=O)[O-])c2)CCNCC1. The van der Waals surface area contributed by atoms with Gasteiger partial charge in [-0.05, 0) is 31.5 Å². The van der Waals surface area contributed by atoms with E-state index in [0.717, 1.165) is 31.5 Å². The summed E-state index contributed by atoms with van der Waals surface area (Å²) in [5.41, 5.74) is 0.446. The summed E-state index contributed by atoms with van der Waals surface area (Å²) in [4.78, 5) is 22.5. The number of nitrogens with zero attached hydrogens (tertiary/aromatic N) is 1. The normalized spacial score (nSPS) is 17.4. The molecule has 1 aliphatic rings. The fourth-order valence-electron chi connectivity index (χ4n) is 2.38. The quantitative estimate of drug-likeness (QED) is 0.646. The molecular formula is C14H19N3O3. The van der Waals surface area contributed by atoms with Crippen LogP contribution >= 0.6 is 0 Å². The number of non-ortho nitro benzene ring substituents is 1. The number of piperidine rings is 1. The highest BCUT2D eigenvalue weighted by Gasteiger charge is 2.34. The van der Waals surface area contributed by atoms with Crippen LogP contribution in [0.2, 0.25) is 0 Å². The largest absolute Gasteiger partial charge is 0.352 e. The minimum absolute atomic E-state index is 0.0190. The van der Waals surface area contributed by atoms with E-state index in [0.29, 0.717) is 6.54 Å². The van der Waals surface area contributed by atoms with Crippen LogP contribution in [-0.2, 0) is 11.3 Å². The van der Waals surface area contributed by atoms with Crippen LogP contribution < -0.4 is 10.6 Å². The van der Waals surface area contributed by atoms with E-state index in [9.17, 15) is 14.9 Å². The smallest absolute Gasteiger partial charge is 0.269 e. The van der Waals surface area contributed by atoms with Crippen LogP contribution in [-0.4, -0.2) is 23.9 Å². The topological polar surface area (TPSA) is 84.3 Å². The second kappa shape index (κ2) is 6.00. The number of nitrogens with one attached hydrogen (secondary N) is 2. The van der Waals surface area contributed by atoms with Gasteiger partial charge in [-0.25, -0.2) is 0 Å². The third-order valence-electron chi connectivity index (χ3n) is 3.83. The van der Waals surface area contributed by atoms with E-state index < -0.39 is 4.92 Å². The Morgan fingerprint density at radius 3 is 2.80 bits per heavy atom. The van der Waals surface area contributed by atoms with E-state index in [1.54, 1.807) is 12.1 Å². The van der Waals surface area contributed by atoms with Gasteiger partial charge in [-0.2, -0.15) is 0 Å². The highest BCUT2D eigenvalue weighted by atomic mass is 16.6. The van der Waals surface area contributed by atoms with Gasteiger partial charge >= 0.3 is 0 Å². The summed E-state index contributed by atoms with van der Waals surface area (Å²) < 4.78 is 0. The van der Waals surface area contributed by atoms with Crippen LogP contribution in [0.1, 0.15) is 25.3 Å². The summed E-state index contributed by atoms with van der Waals surface area (Å²) >= 11 is 0. The maximum atomic E-state index is 12.2. The van der Waals surface area contributed by atoms with Crippen molar-refractivity contribution >= 4 is 11.6 Å². The molecule has 0 aliphatic carbocycles. The van der Waals surface area contributed by atoms with Crippen molar-refractivity contribution < 1.29 is 9.72 Å². The molecule has 1 saturated heterocycles. The predicted molar refractivity (Wildman–Crippen MR) is 75.2 cm³/mol. The van der Waals surface area contributed by atoms with Gasteiger partial charge < -0.3 is 10.6 Å². The Hall–Kier alpha value is -1.95. The zero-order valence-electron chi connectivity index (χ0n) is 11.5. The van der Waals surface area contributed by atoms with Gasteiger partial charge in [0.25, 0.3) is 5.69 Å². The number of nitro groups is 1. The molecule has 0 unspecified atom stereocenters. The first-order chi connectivity index (χ1) is 9.51. The van der Waals surface area contributed by atoms with Crippen molar-refractivity contribution in [3.63, 3.8) is 0 Å². The molecule has 1 heterocycles. The van der Waals surface area contributed by atoms with Crippen LogP contribution in [0.5, 0.6) is 0 Å². The van der Waals surface area contributed by atoms with Crippen molar-refractivity contribution in [2.45, 2.75) is 26.3 Å². The second-order valence-corrected chi connectivity index (χ2v) is 5.42. The van der Waals surface area contributed by atoms with E-state index >= 15 is 0 Å². The van der Waals surface area contributed by atoms with Crippen LogP contribution in [0.25, 0.3) is 0 Å². The number of carbonyl (C=O) groups excluding carboxylic acids is 1. The molecule has 1 aromatic rings. The van der Waals surface area contributed by atoms with Gasteiger partial charge in [0, 0.05) is 24.1 Å². The Labute approximate surface area is 117 Å². The standard InChI is InChI=1S/C14H19N3O3/c1-14(5-7-15-8-6-14)13(18)16-10-11-3-2-4-12(9-11)17(19)20/h2-4,9,15H,5-8,10H2,1H3,(H,16,18). The van der Waals surface area contributed by atoms with Crippen molar-refractivity contribution in [3.05, 3.63) is 39.9 Å². The summed E-state index contributed by atoms with van der Waals surface area (Å²) in [6, 6.07) is 6.34. The second-order valence-electron chi connectivity index (χ2n) is 5.42. The zero-order valence-corrected chi connectivity index (χ0v) is 11.5. The summed E-state index contributed by atoms with van der Waals surface area (Å²) in [6.45, 7) is 3.99. The first-order valence-corrected chi connectivity index (χ1v) is 6.74. The number of amides is 1. The highest BCUT2D eigenvalue weighted by molar-refractivity contribution is 5.82. The molecule has 0 radical (unpaired) electrons. The van der Waals surface area contributed by atoms with Gasteiger partial charge in [0.2, 0.25) is 5.91 Å². The van der Waals surface area contributed by atoms with Crippen molar-refractivity contribution in [1.82, 2.24) is 10.6 Å². The van der Waals surface area contributed by atoms with Crippen LogP contribution in [0.15, 0.2) is 24.3 Å². The molecule has 20 heavy (non-hydrogen) atoms. The molecule has 6 nitrogen and oxygen atoms in total. The number of hydrogen-bond acceptors (Lipinski definition) is 4. The lowest BCUT2D eigenvalue weighted by Crippen LogP contribution is -2.45. The summed E-state index contributed by atoms with van der Waals surface area (Å²) in [7, 11) is 0. The minimum atomic E-state index is -0.431. The van der Waals surface area contributed by atoms with Gasteiger partial charge in [0.15, 0.2) is 0 Å². The Bertz CT molecular complexity index is 510. The third-order valence-corrected chi connectivity index (χ3v) is 3.83. The molecule has 0 spiro atoms. The summed E-state index contributed by atoms with van der Waals surface area (Å²) in [6.07, 6.45) is 1.63. The predicted octanol–water partition coefficient (Wildman–Crippen LogP) is 1.60. The molecular weight excluding hydrogens is 258 g/mol. The van der Waals surface area contributed by atoms with E-state index in [2.05, 4.69) is 10.6 Å². The van der Waals surface area contributed by atoms with E-state index in [1.165, 1.54) is 12.1 Å². The Morgan fingerprint density at radius 1 is 1.45 bits per heavy atom. The molecule has 0 saturated carbocycles. The molecule has 6 heteroatoms. The molecule has 2 N–H and O–H groups in total. The fourth-order valence-corrected chi connectivity index (χ4v) is 2.38.